The Labute approximate surface area is 114 Å². The Kier molecular flexibility index (Phi) is 5.35. The van der Waals surface area contributed by atoms with Crippen LogP contribution >= 0.6 is 11.8 Å². The molecule has 0 radical (unpaired) electrons. The molecule has 0 aliphatic carbocycles. The topological polar surface area (TPSA) is 38.5 Å². The third-order valence-electron chi connectivity index (χ3n) is 3.42. The number of benzene rings is 1. The predicted octanol–water partition coefficient (Wildman–Crippen LogP) is 2.13. The van der Waals surface area contributed by atoms with Gasteiger partial charge in [-0.3, -0.25) is 4.90 Å². The molecular weight excluding hydrogens is 244 g/mol. The van der Waals surface area contributed by atoms with Crippen LogP contribution in [0.25, 0.3) is 0 Å². The zero-order valence-electron chi connectivity index (χ0n) is 11.0. The summed E-state index contributed by atoms with van der Waals surface area (Å²) >= 11 is 2.04. The van der Waals surface area contributed by atoms with E-state index in [1.807, 2.05) is 23.9 Å². The average Bonchev–Trinajstić information content (AvgIpc) is 2.69. The summed E-state index contributed by atoms with van der Waals surface area (Å²) < 4.78 is 5.46. The molecule has 0 aromatic heterocycles. The van der Waals surface area contributed by atoms with E-state index in [1.165, 1.54) is 23.5 Å². The van der Waals surface area contributed by atoms with Gasteiger partial charge in [0.15, 0.2) is 0 Å². The van der Waals surface area contributed by atoms with Crippen molar-refractivity contribution in [3.8, 4) is 5.75 Å². The van der Waals surface area contributed by atoms with Gasteiger partial charge < -0.3 is 10.5 Å². The van der Waals surface area contributed by atoms with E-state index in [2.05, 4.69) is 17.0 Å². The number of hydrogen-bond acceptors (Lipinski definition) is 4. The molecular formula is C14H22N2OS. The number of rotatable bonds is 4. The SMILES string of the molecule is COc1ccccc1C(CN)N1CCCSCC1. The maximum absolute atomic E-state index is 6.01. The lowest BCUT2D eigenvalue weighted by Gasteiger charge is -2.30. The molecule has 0 bridgehead atoms. The van der Waals surface area contributed by atoms with E-state index in [-0.39, 0.29) is 6.04 Å². The van der Waals surface area contributed by atoms with Crippen LogP contribution in [-0.4, -0.2) is 43.1 Å². The molecule has 1 fully saturated rings. The highest BCUT2D eigenvalue weighted by atomic mass is 32.2. The number of para-hydroxylation sites is 1. The van der Waals surface area contributed by atoms with Crippen LogP contribution in [0.2, 0.25) is 0 Å². The number of nitrogens with zero attached hydrogens (tertiary/aromatic N) is 1. The highest BCUT2D eigenvalue weighted by Gasteiger charge is 2.22. The van der Waals surface area contributed by atoms with Crippen LogP contribution in [0.3, 0.4) is 0 Å². The first-order chi connectivity index (χ1) is 8.86. The van der Waals surface area contributed by atoms with Crippen molar-refractivity contribution < 1.29 is 4.74 Å². The molecule has 1 saturated heterocycles. The maximum Gasteiger partial charge on any atom is 0.123 e. The molecule has 1 atom stereocenters. The van der Waals surface area contributed by atoms with Crippen LogP contribution in [0.1, 0.15) is 18.0 Å². The van der Waals surface area contributed by atoms with Crippen LogP contribution in [0, 0.1) is 0 Å². The Morgan fingerprint density at radius 3 is 2.94 bits per heavy atom. The first-order valence-corrected chi connectivity index (χ1v) is 7.67. The Morgan fingerprint density at radius 1 is 1.33 bits per heavy atom. The lowest BCUT2D eigenvalue weighted by atomic mass is 10.0. The number of thioether (sulfide) groups is 1. The van der Waals surface area contributed by atoms with Gasteiger partial charge in [-0.1, -0.05) is 18.2 Å². The largest absolute Gasteiger partial charge is 0.496 e. The van der Waals surface area contributed by atoms with Gasteiger partial charge in [-0.25, -0.2) is 0 Å². The lowest BCUT2D eigenvalue weighted by molar-refractivity contribution is 0.213. The standard InChI is InChI=1S/C14H22N2OS/c1-17-14-6-3-2-5-12(14)13(11-15)16-7-4-9-18-10-8-16/h2-3,5-6,13H,4,7-11,15H2,1H3. The predicted molar refractivity (Wildman–Crippen MR) is 78.3 cm³/mol. The molecule has 1 unspecified atom stereocenters. The third-order valence-corrected chi connectivity index (χ3v) is 4.47. The van der Waals surface area contributed by atoms with E-state index in [0.717, 1.165) is 18.8 Å². The van der Waals surface area contributed by atoms with Crippen molar-refractivity contribution in [1.29, 1.82) is 0 Å². The van der Waals surface area contributed by atoms with Crippen LogP contribution in [0.5, 0.6) is 5.75 Å². The molecule has 1 aromatic rings. The second-order valence-electron chi connectivity index (χ2n) is 4.50. The van der Waals surface area contributed by atoms with Crippen molar-refractivity contribution in [2.24, 2.45) is 5.73 Å². The van der Waals surface area contributed by atoms with Crippen molar-refractivity contribution in [1.82, 2.24) is 4.90 Å². The molecule has 1 heterocycles. The molecule has 0 amide bonds. The first-order valence-electron chi connectivity index (χ1n) is 6.51. The second-order valence-corrected chi connectivity index (χ2v) is 5.72. The van der Waals surface area contributed by atoms with Crippen molar-refractivity contribution in [3.63, 3.8) is 0 Å². The molecule has 1 aliphatic heterocycles. The molecule has 1 aromatic carbocycles. The van der Waals surface area contributed by atoms with Crippen molar-refractivity contribution in [2.45, 2.75) is 12.5 Å². The van der Waals surface area contributed by atoms with Gasteiger partial charge >= 0.3 is 0 Å². The zero-order chi connectivity index (χ0) is 12.8. The summed E-state index contributed by atoms with van der Waals surface area (Å²) in [7, 11) is 1.73. The van der Waals surface area contributed by atoms with Crippen LogP contribution < -0.4 is 10.5 Å². The molecule has 2 rings (SSSR count). The van der Waals surface area contributed by atoms with Gasteiger partial charge in [-0.05, 0) is 24.8 Å². The normalized spacial score (nSPS) is 19.2. The van der Waals surface area contributed by atoms with Crippen LogP contribution in [-0.2, 0) is 0 Å². The number of ether oxygens (including phenoxy) is 1. The molecule has 4 heteroatoms. The van der Waals surface area contributed by atoms with Gasteiger partial charge in [0.25, 0.3) is 0 Å². The summed E-state index contributed by atoms with van der Waals surface area (Å²) in [4.78, 5) is 2.50. The summed E-state index contributed by atoms with van der Waals surface area (Å²) in [6.45, 7) is 2.89. The van der Waals surface area contributed by atoms with E-state index in [4.69, 9.17) is 10.5 Å². The fourth-order valence-corrected chi connectivity index (χ4v) is 3.39. The molecule has 3 nitrogen and oxygen atoms in total. The van der Waals surface area contributed by atoms with Crippen molar-refractivity contribution in [3.05, 3.63) is 29.8 Å². The fourth-order valence-electron chi connectivity index (χ4n) is 2.49. The van der Waals surface area contributed by atoms with E-state index in [9.17, 15) is 0 Å². The minimum Gasteiger partial charge on any atom is -0.496 e. The highest BCUT2D eigenvalue weighted by molar-refractivity contribution is 7.99. The molecule has 18 heavy (non-hydrogen) atoms. The molecule has 100 valence electrons. The van der Waals surface area contributed by atoms with Gasteiger partial charge in [-0.15, -0.1) is 0 Å². The summed E-state index contributed by atoms with van der Waals surface area (Å²) in [5, 5.41) is 0. The lowest BCUT2D eigenvalue weighted by Crippen LogP contribution is -2.35. The van der Waals surface area contributed by atoms with Crippen molar-refractivity contribution >= 4 is 11.8 Å². The summed E-state index contributed by atoms with van der Waals surface area (Å²) in [6.07, 6.45) is 1.25. The Balaban J connectivity index is 2.20. The molecule has 1 aliphatic rings. The fraction of sp³-hybridized carbons (Fsp3) is 0.571. The smallest absolute Gasteiger partial charge is 0.123 e. The quantitative estimate of drug-likeness (QED) is 0.906. The Bertz CT molecular complexity index is 365. The zero-order valence-corrected chi connectivity index (χ0v) is 11.8. The van der Waals surface area contributed by atoms with Gasteiger partial charge in [0, 0.05) is 24.4 Å². The van der Waals surface area contributed by atoms with Crippen molar-refractivity contribution in [2.75, 3.05) is 38.2 Å². The molecule has 0 spiro atoms. The van der Waals surface area contributed by atoms with Gasteiger partial charge in [0.1, 0.15) is 5.75 Å². The summed E-state index contributed by atoms with van der Waals surface area (Å²) in [5.41, 5.74) is 7.22. The van der Waals surface area contributed by atoms with Gasteiger partial charge in [-0.2, -0.15) is 11.8 Å². The van der Waals surface area contributed by atoms with E-state index >= 15 is 0 Å². The van der Waals surface area contributed by atoms with Gasteiger partial charge in [0.2, 0.25) is 0 Å². The number of methoxy groups -OCH3 is 1. The Morgan fingerprint density at radius 2 is 2.17 bits per heavy atom. The highest BCUT2D eigenvalue weighted by Crippen LogP contribution is 2.29. The summed E-state index contributed by atoms with van der Waals surface area (Å²) in [6, 6.07) is 8.50. The van der Waals surface area contributed by atoms with E-state index < -0.39 is 0 Å². The van der Waals surface area contributed by atoms with E-state index in [0.29, 0.717) is 6.54 Å². The molecule has 0 saturated carbocycles. The van der Waals surface area contributed by atoms with Crippen LogP contribution in [0.15, 0.2) is 24.3 Å². The first kappa shape index (κ1) is 13.7. The molecule has 2 N–H and O–H groups in total. The van der Waals surface area contributed by atoms with Gasteiger partial charge in [0.05, 0.1) is 13.2 Å². The minimum atomic E-state index is 0.278. The monoisotopic (exact) mass is 266 g/mol. The van der Waals surface area contributed by atoms with Crippen LogP contribution in [0.4, 0.5) is 0 Å². The number of nitrogens with two attached hydrogens (primary N) is 1. The minimum absolute atomic E-state index is 0.278. The second kappa shape index (κ2) is 7.02. The third kappa shape index (κ3) is 3.19. The van der Waals surface area contributed by atoms with E-state index in [1.54, 1.807) is 7.11 Å². The maximum atomic E-state index is 6.01. The Hall–Kier alpha value is -0.710. The number of hydrogen-bond donors (Lipinski definition) is 1. The summed E-state index contributed by atoms with van der Waals surface area (Å²) in [5.74, 6) is 3.41. The average molecular weight is 266 g/mol.